The Morgan fingerprint density at radius 2 is 0.527 bits per heavy atom. The number of hydrogen-bond donors (Lipinski definition) is 3. The maximum absolute atomic E-state index is 13.0. The van der Waals surface area contributed by atoms with Crippen LogP contribution in [0.5, 0.6) is 0 Å². The summed E-state index contributed by atoms with van der Waals surface area (Å²) in [6, 6.07) is 0. The molecule has 0 bridgehead atoms. The Balaban J connectivity index is 5.19. The maximum atomic E-state index is 13.0. The first kappa shape index (κ1) is 89.1. The standard InChI is InChI=1S/C72H140O17P2/c1-6-10-13-16-19-21-23-25-27-29-31-33-35-37-40-46-51-56-70(75)83-62-67(88-71(76)57-52-47-41-38-36-34-32-30-28-26-24-22-20-17-14-11-7-2)63-86-90(78,79)84-59-66(73)60-85-91(80,81)87-64-68(61-82-69(74)55-50-45-39-18-15-12-8-3)89-72(77)58-53-48-43-42-44-49-54-65(5)9-4/h65-68,73H,6-64H2,1-5H3,(H,78,79)(H,80,81)/t65?,66-,67-,68-/m1/s1. The van der Waals surface area contributed by atoms with Crippen LogP contribution in [0, 0.1) is 5.92 Å². The van der Waals surface area contributed by atoms with Gasteiger partial charge >= 0.3 is 39.5 Å². The average molecular weight is 1340 g/mol. The number of rotatable bonds is 72. The van der Waals surface area contributed by atoms with E-state index in [1.54, 1.807) is 0 Å². The highest BCUT2D eigenvalue weighted by Gasteiger charge is 2.30. The van der Waals surface area contributed by atoms with Crippen molar-refractivity contribution in [1.29, 1.82) is 0 Å². The lowest BCUT2D eigenvalue weighted by molar-refractivity contribution is -0.161. The predicted molar refractivity (Wildman–Crippen MR) is 368 cm³/mol. The molecule has 91 heavy (non-hydrogen) atoms. The summed E-state index contributed by atoms with van der Waals surface area (Å²) in [7, 11) is -9.90. The number of carbonyl (C=O) groups excluding carboxylic acids is 4. The van der Waals surface area contributed by atoms with Crippen LogP contribution in [0.4, 0.5) is 0 Å². The molecule has 0 fully saturated rings. The predicted octanol–water partition coefficient (Wildman–Crippen LogP) is 20.9. The minimum atomic E-state index is -4.95. The van der Waals surface area contributed by atoms with E-state index in [2.05, 4.69) is 34.6 Å². The second kappa shape index (κ2) is 65.4. The minimum Gasteiger partial charge on any atom is -0.462 e. The molecule has 0 aromatic heterocycles. The summed E-state index contributed by atoms with van der Waals surface area (Å²) in [5.74, 6) is -1.41. The van der Waals surface area contributed by atoms with Gasteiger partial charge in [-0.05, 0) is 31.6 Å². The topological polar surface area (TPSA) is 237 Å². The molecule has 0 rings (SSSR count). The number of hydrogen-bond acceptors (Lipinski definition) is 15. The van der Waals surface area contributed by atoms with Crippen molar-refractivity contribution in [3.8, 4) is 0 Å². The van der Waals surface area contributed by atoms with Gasteiger partial charge in [0, 0.05) is 25.7 Å². The molecular weight excluding hydrogens is 1200 g/mol. The summed E-state index contributed by atoms with van der Waals surface area (Å²) in [6.07, 6.45) is 53.0. The molecule has 0 saturated carbocycles. The van der Waals surface area contributed by atoms with Crippen LogP contribution in [0.1, 0.15) is 375 Å². The van der Waals surface area contributed by atoms with Crippen molar-refractivity contribution in [3.05, 3.63) is 0 Å². The van der Waals surface area contributed by atoms with E-state index in [0.29, 0.717) is 25.7 Å². The van der Waals surface area contributed by atoms with Crippen molar-refractivity contribution in [1.82, 2.24) is 0 Å². The molecule has 0 saturated heterocycles. The van der Waals surface area contributed by atoms with E-state index in [1.165, 1.54) is 186 Å². The number of esters is 4. The van der Waals surface area contributed by atoms with Crippen molar-refractivity contribution < 1.29 is 80.2 Å². The van der Waals surface area contributed by atoms with E-state index >= 15 is 0 Å². The molecule has 0 aromatic rings. The van der Waals surface area contributed by atoms with Gasteiger partial charge in [-0.15, -0.1) is 0 Å². The third-order valence-corrected chi connectivity index (χ3v) is 19.0. The summed E-state index contributed by atoms with van der Waals surface area (Å²) < 4.78 is 68.2. The Kier molecular flexibility index (Phi) is 64.0. The van der Waals surface area contributed by atoms with Crippen molar-refractivity contribution >= 4 is 39.5 Å². The summed E-state index contributed by atoms with van der Waals surface area (Å²) >= 11 is 0. The van der Waals surface area contributed by atoms with Gasteiger partial charge in [0.25, 0.3) is 0 Å². The van der Waals surface area contributed by atoms with E-state index < -0.39 is 97.5 Å². The lowest BCUT2D eigenvalue weighted by Crippen LogP contribution is -2.30. The smallest absolute Gasteiger partial charge is 0.462 e. The molecule has 0 radical (unpaired) electrons. The van der Waals surface area contributed by atoms with Gasteiger partial charge in [-0.25, -0.2) is 9.13 Å². The van der Waals surface area contributed by atoms with Crippen molar-refractivity contribution in [2.75, 3.05) is 39.6 Å². The molecule has 6 atom stereocenters. The Morgan fingerprint density at radius 1 is 0.308 bits per heavy atom. The fourth-order valence-corrected chi connectivity index (χ4v) is 12.5. The molecule has 0 heterocycles. The van der Waals surface area contributed by atoms with Gasteiger partial charge < -0.3 is 33.8 Å². The van der Waals surface area contributed by atoms with E-state index in [1.807, 2.05) is 0 Å². The molecule has 540 valence electrons. The molecule has 0 aromatic carbocycles. The summed E-state index contributed by atoms with van der Waals surface area (Å²) in [4.78, 5) is 72.5. The third-order valence-electron chi connectivity index (χ3n) is 17.1. The van der Waals surface area contributed by atoms with Crippen LogP contribution in [-0.2, 0) is 65.4 Å². The van der Waals surface area contributed by atoms with Gasteiger partial charge in [-0.1, -0.05) is 324 Å². The molecular formula is C72H140O17P2. The van der Waals surface area contributed by atoms with Crippen LogP contribution in [0.2, 0.25) is 0 Å². The number of ether oxygens (including phenoxy) is 4. The van der Waals surface area contributed by atoms with Crippen molar-refractivity contribution in [2.45, 2.75) is 393 Å². The zero-order valence-corrected chi connectivity index (χ0v) is 60.8. The monoisotopic (exact) mass is 1340 g/mol. The van der Waals surface area contributed by atoms with E-state index in [9.17, 15) is 43.2 Å². The second-order valence-corrected chi connectivity index (χ2v) is 29.1. The number of phosphoric acid groups is 2. The SMILES string of the molecule is CCCCCCCCCCCCCCCCCCCC(=O)OC[C@H](COP(=O)(O)OC[C@@H](O)COP(=O)(O)OC[C@@H](COC(=O)CCCCCCCCC)OC(=O)CCCCCCCCC(C)CC)OC(=O)CCCCCCCCCCCCCCCCCCC. The van der Waals surface area contributed by atoms with E-state index in [-0.39, 0.29) is 25.7 Å². The van der Waals surface area contributed by atoms with Crippen molar-refractivity contribution in [2.24, 2.45) is 5.92 Å². The maximum Gasteiger partial charge on any atom is 0.472 e. The third kappa shape index (κ3) is 65.1. The highest BCUT2D eigenvalue weighted by Crippen LogP contribution is 2.45. The van der Waals surface area contributed by atoms with Crippen LogP contribution in [0.15, 0.2) is 0 Å². The zero-order chi connectivity index (χ0) is 67.0. The highest BCUT2D eigenvalue weighted by molar-refractivity contribution is 7.47. The molecule has 0 aliphatic heterocycles. The number of carbonyl (C=O) groups is 4. The fourth-order valence-electron chi connectivity index (χ4n) is 11.0. The van der Waals surface area contributed by atoms with E-state index in [0.717, 1.165) is 109 Å². The Morgan fingerprint density at radius 3 is 0.780 bits per heavy atom. The number of aliphatic hydroxyl groups is 1. The van der Waals surface area contributed by atoms with Crippen LogP contribution >= 0.6 is 15.6 Å². The normalized spacial score (nSPS) is 14.3. The number of phosphoric ester groups is 2. The zero-order valence-electron chi connectivity index (χ0n) is 59.0. The lowest BCUT2D eigenvalue weighted by Gasteiger charge is -2.21. The quantitative estimate of drug-likeness (QED) is 0.0222. The van der Waals surface area contributed by atoms with Crippen molar-refractivity contribution in [3.63, 3.8) is 0 Å². The highest BCUT2D eigenvalue weighted by atomic mass is 31.2. The average Bonchev–Trinajstić information content (AvgIpc) is 3.24. The van der Waals surface area contributed by atoms with Gasteiger partial charge in [-0.3, -0.25) is 37.3 Å². The molecule has 3 unspecified atom stereocenters. The Hall–Kier alpha value is -1.94. The second-order valence-electron chi connectivity index (χ2n) is 26.2. The van der Waals surface area contributed by atoms with Gasteiger partial charge in [0.05, 0.1) is 26.4 Å². The first-order valence-corrected chi connectivity index (χ1v) is 40.7. The van der Waals surface area contributed by atoms with Crippen LogP contribution in [0.25, 0.3) is 0 Å². The molecule has 19 heteroatoms. The molecule has 0 spiro atoms. The molecule has 0 aliphatic rings. The number of aliphatic hydroxyl groups excluding tert-OH is 1. The lowest BCUT2D eigenvalue weighted by atomic mass is 10.00. The fraction of sp³-hybridized carbons (Fsp3) is 0.944. The minimum absolute atomic E-state index is 0.103. The molecule has 17 nitrogen and oxygen atoms in total. The van der Waals surface area contributed by atoms with E-state index in [4.69, 9.17) is 37.0 Å². The largest absolute Gasteiger partial charge is 0.472 e. The van der Waals surface area contributed by atoms with Gasteiger partial charge in [0.2, 0.25) is 0 Å². The first-order valence-electron chi connectivity index (χ1n) is 37.7. The summed E-state index contributed by atoms with van der Waals surface area (Å²) in [6.45, 7) is 7.17. The Bertz CT molecular complexity index is 1760. The molecule has 3 N–H and O–H groups in total. The number of unbranched alkanes of at least 4 members (excludes halogenated alkanes) is 43. The summed E-state index contributed by atoms with van der Waals surface area (Å²) in [5, 5.41) is 10.6. The molecule has 0 aliphatic carbocycles. The van der Waals surface area contributed by atoms with Crippen LogP contribution < -0.4 is 0 Å². The van der Waals surface area contributed by atoms with Gasteiger partial charge in [0.15, 0.2) is 12.2 Å². The van der Waals surface area contributed by atoms with Gasteiger partial charge in [-0.2, -0.15) is 0 Å². The Labute approximate surface area is 556 Å². The molecule has 0 amide bonds. The van der Waals surface area contributed by atoms with Crippen LogP contribution in [0.3, 0.4) is 0 Å². The van der Waals surface area contributed by atoms with Crippen LogP contribution in [-0.4, -0.2) is 96.7 Å². The summed E-state index contributed by atoms with van der Waals surface area (Å²) in [5.41, 5.74) is 0. The first-order chi connectivity index (χ1) is 44.1. The van der Waals surface area contributed by atoms with Gasteiger partial charge in [0.1, 0.15) is 19.3 Å².